The van der Waals surface area contributed by atoms with E-state index in [9.17, 15) is 4.79 Å². The van der Waals surface area contributed by atoms with Crippen LogP contribution < -0.4 is 16.6 Å². The van der Waals surface area contributed by atoms with Crippen LogP contribution in [0.1, 0.15) is 28.4 Å². The average molecular weight is 348 g/mol. The zero-order valence-electron chi connectivity index (χ0n) is 12.0. The normalized spacial score (nSPS) is 10.3. The average Bonchev–Trinajstić information content (AvgIpc) is 2.48. The van der Waals surface area contributed by atoms with Gasteiger partial charge in [-0.15, -0.1) is 0 Å². The lowest BCUT2D eigenvalue weighted by Crippen LogP contribution is -2.18. The van der Waals surface area contributed by atoms with Gasteiger partial charge in [0.2, 0.25) is 0 Å². The predicted octanol–water partition coefficient (Wildman–Crippen LogP) is 3.86. The van der Waals surface area contributed by atoms with E-state index in [0.717, 1.165) is 27.7 Å². The molecule has 0 unspecified atom stereocenters. The standard InChI is InChI=1S/C16H18BrN3O/c1-3-11-9-12(17)5-7-14(11)19-16(21)13-6-4-10(2)8-15(13)20-18/h4-9,20H,3,18H2,1-2H3,(H,19,21). The number of hydrogen-bond acceptors (Lipinski definition) is 3. The molecule has 2 aromatic carbocycles. The van der Waals surface area contributed by atoms with Gasteiger partial charge in [0.1, 0.15) is 0 Å². The molecular formula is C16H18BrN3O. The molecule has 0 saturated heterocycles. The molecule has 0 aliphatic carbocycles. The molecule has 2 rings (SSSR count). The van der Waals surface area contributed by atoms with Crippen molar-refractivity contribution in [2.24, 2.45) is 5.84 Å². The Balaban J connectivity index is 2.30. The molecule has 2 aromatic rings. The van der Waals surface area contributed by atoms with Crippen molar-refractivity contribution in [2.75, 3.05) is 10.7 Å². The number of nitrogens with one attached hydrogen (secondary N) is 2. The summed E-state index contributed by atoms with van der Waals surface area (Å²) in [5, 5.41) is 2.94. The molecule has 5 heteroatoms. The molecule has 0 saturated carbocycles. The maximum absolute atomic E-state index is 12.4. The van der Waals surface area contributed by atoms with Gasteiger partial charge in [0.15, 0.2) is 0 Å². The fourth-order valence-corrected chi connectivity index (χ4v) is 2.55. The maximum Gasteiger partial charge on any atom is 0.257 e. The van der Waals surface area contributed by atoms with Crippen molar-refractivity contribution in [2.45, 2.75) is 20.3 Å². The van der Waals surface area contributed by atoms with Gasteiger partial charge in [0.05, 0.1) is 11.3 Å². The SMILES string of the molecule is CCc1cc(Br)ccc1NC(=O)c1ccc(C)cc1NN. The van der Waals surface area contributed by atoms with E-state index < -0.39 is 0 Å². The van der Waals surface area contributed by atoms with Gasteiger partial charge in [-0.25, -0.2) is 0 Å². The topological polar surface area (TPSA) is 67.2 Å². The van der Waals surface area contributed by atoms with Crippen LogP contribution >= 0.6 is 15.9 Å². The predicted molar refractivity (Wildman–Crippen MR) is 90.5 cm³/mol. The highest BCUT2D eigenvalue weighted by atomic mass is 79.9. The van der Waals surface area contributed by atoms with Crippen molar-refractivity contribution < 1.29 is 4.79 Å². The van der Waals surface area contributed by atoms with E-state index in [-0.39, 0.29) is 5.91 Å². The van der Waals surface area contributed by atoms with Crippen LogP contribution in [-0.4, -0.2) is 5.91 Å². The molecule has 0 spiro atoms. The number of hydrazine groups is 1. The lowest BCUT2D eigenvalue weighted by atomic mass is 10.1. The number of carbonyl (C=O) groups is 1. The third-order valence-electron chi connectivity index (χ3n) is 3.27. The minimum Gasteiger partial charge on any atom is -0.323 e. The third-order valence-corrected chi connectivity index (χ3v) is 3.76. The number of benzene rings is 2. The van der Waals surface area contributed by atoms with Crippen molar-refractivity contribution in [3.8, 4) is 0 Å². The van der Waals surface area contributed by atoms with Crippen LogP contribution in [0.25, 0.3) is 0 Å². The third kappa shape index (κ3) is 3.62. The highest BCUT2D eigenvalue weighted by Gasteiger charge is 2.13. The van der Waals surface area contributed by atoms with Crippen molar-refractivity contribution in [1.82, 2.24) is 0 Å². The Bertz CT molecular complexity index is 671. The molecule has 0 heterocycles. The number of nitrogen functional groups attached to an aromatic ring is 1. The molecule has 0 aliphatic heterocycles. The summed E-state index contributed by atoms with van der Waals surface area (Å²) in [6.07, 6.45) is 0.838. The molecule has 0 bridgehead atoms. The molecule has 110 valence electrons. The van der Waals surface area contributed by atoms with Crippen molar-refractivity contribution in [1.29, 1.82) is 0 Å². The van der Waals surface area contributed by atoms with E-state index in [4.69, 9.17) is 5.84 Å². The molecule has 0 radical (unpaired) electrons. The Hall–Kier alpha value is -1.85. The number of halogens is 1. The zero-order chi connectivity index (χ0) is 15.4. The number of carbonyl (C=O) groups excluding carboxylic acids is 1. The molecule has 0 fully saturated rings. The maximum atomic E-state index is 12.4. The zero-order valence-corrected chi connectivity index (χ0v) is 13.6. The summed E-state index contributed by atoms with van der Waals surface area (Å²) in [5.41, 5.74) is 6.64. The summed E-state index contributed by atoms with van der Waals surface area (Å²) in [6, 6.07) is 11.3. The number of rotatable bonds is 4. The van der Waals surface area contributed by atoms with Gasteiger partial charge in [-0.2, -0.15) is 0 Å². The second-order valence-electron chi connectivity index (χ2n) is 4.80. The smallest absolute Gasteiger partial charge is 0.257 e. The molecule has 0 atom stereocenters. The fourth-order valence-electron chi connectivity index (χ4n) is 2.14. The molecule has 0 aliphatic rings. The van der Waals surface area contributed by atoms with Gasteiger partial charge in [-0.05, 0) is 54.8 Å². The van der Waals surface area contributed by atoms with Crippen LogP contribution in [0.2, 0.25) is 0 Å². The van der Waals surface area contributed by atoms with E-state index in [1.807, 2.05) is 37.3 Å². The number of anilines is 2. The van der Waals surface area contributed by atoms with Crippen LogP contribution in [0.4, 0.5) is 11.4 Å². The highest BCUT2D eigenvalue weighted by molar-refractivity contribution is 9.10. The summed E-state index contributed by atoms with van der Waals surface area (Å²) in [6.45, 7) is 4.00. The second-order valence-corrected chi connectivity index (χ2v) is 5.72. The van der Waals surface area contributed by atoms with Gasteiger partial charge in [0, 0.05) is 10.2 Å². The highest BCUT2D eigenvalue weighted by Crippen LogP contribution is 2.24. The van der Waals surface area contributed by atoms with Gasteiger partial charge in [-0.3, -0.25) is 10.6 Å². The molecular weight excluding hydrogens is 330 g/mol. The van der Waals surface area contributed by atoms with Crippen LogP contribution in [-0.2, 0) is 6.42 Å². The first-order valence-electron chi connectivity index (χ1n) is 6.72. The number of amides is 1. The Morgan fingerprint density at radius 2 is 1.95 bits per heavy atom. The Morgan fingerprint density at radius 1 is 1.19 bits per heavy atom. The minimum absolute atomic E-state index is 0.181. The summed E-state index contributed by atoms with van der Waals surface area (Å²) in [5.74, 6) is 5.31. The quantitative estimate of drug-likeness (QED) is 0.581. The largest absolute Gasteiger partial charge is 0.323 e. The molecule has 21 heavy (non-hydrogen) atoms. The summed E-state index contributed by atoms with van der Waals surface area (Å²) in [7, 11) is 0. The number of nitrogens with two attached hydrogens (primary N) is 1. The lowest BCUT2D eigenvalue weighted by molar-refractivity contribution is 0.102. The Labute approximate surface area is 132 Å². The van der Waals surface area contributed by atoms with Crippen molar-refractivity contribution >= 4 is 33.2 Å². The lowest BCUT2D eigenvalue weighted by Gasteiger charge is -2.13. The summed E-state index contributed by atoms with van der Waals surface area (Å²) < 4.78 is 0.997. The van der Waals surface area contributed by atoms with Crippen molar-refractivity contribution in [3.05, 3.63) is 57.6 Å². The van der Waals surface area contributed by atoms with Gasteiger partial charge >= 0.3 is 0 Å². The van der Waals surface area contributed by atoms with Crippen LogP contribution in [0, 0.1) is 6.92 Å². The van der Waals surface area contributed by atoms with Crippen molar-refractivity contribution in [3.63, 3.8) is 0 Å². The molecule has 1 amide bonds. The van der Waals surface area contributed by atoms with Gasteiger partial charge < -0.3 is 10.7 Å². The van der Waals surface area contributed by atoms with E-state index in [1.165, 1.54) is 0 Å². The first kappa shape index (κ1) is 15.5. The first-order valence-corrected chi connectivity index (χ1v) is 7.51. The monoisotopic (exact) mass is 347 g/mol. The van der Waals surface area contributed by atoms with E-state index in [0.29, 0.717) is 11.3 Å². The summed E-state index contributed by atoms with van der Waals surface area (Å²) in [4.78, 5) is 12.4. The van der Waals surface area contributed by atoms with Gasteiger partial charge in [-0.1, -0.05) is 28.9 Å². The summed E-state index contributed by atoms with van der Waals surface area (Å²) >= 11 is 3.44. The first-order chi connectivity index (χ1) is 10.0. The Kier molecular flexibility index (Phi) is 4.98. The molecule has 0 aromatic heterocycles. The number of aryl methyl sites for hydroxylation is 2. The second kappa shape index (κ2) is 6.74. The Morgan fingerprint density at radius 3 is 2.62 bits per heavy atom. The molecule has 4 nitrogen and oxygen atoms in total. The minimum atomic E-state index is -0.181. The molecule has 4 N–H and O–H groups in total. The fraction of sp³-hybridized carbons (Fsp3) is 0.188. The van der Waals surface area contributed by atoms with E-state index in [2.05, 4.69) is 33.6 Å². The van der Waals surface area contributed by atoms with Gasteiger partial charge in [0.25, 0.3) is 5.91 Å². The number of hydrogen-bond donors (Lipinski definition) is 3. The van der Waals surface area contributed by atoms with Crippen LogP contribution in [0.3, 0.4) is 0 Å². The van der Waals surface area contributed by atoms with Crippen LogP contribution in [0.5, 0.6) is 0 Å². The van der Waals surface area contributed by atoms with E-state index in [1.54, 1.807) is 6.07 Å². The van der Waals surface area contributed by atoms with E-state index >= 15 is 0 Å². The van der Waals surface area contributed by atoms with Crippen LogP contribution in [0.15, 0.2) is 40.9 Å².